The van der Waals surface area contributed by atoms with Gasteiger partial charge in [-0.25, -0.2) is 4.68 Å². The lowest BCUT2D eigenvalue weighted by Gasteiger charge is -2.15. The van der Waals surface area contributed by atoms with E-state index >= 15 is 0 Å². The normalized spacial score (nSPS) is 10.8. The zero-order valence-corrected chi connectivity index (χ0v) is 15.8. The minimum Gasteiger partial charge on any atom is -0.355 e. The number of aryl methyl sites for hydroxylation is 1. The molecule has 0 aliphatic heterocycles. The van der Waals surface area contributed by atoms with Gasteiger partial charge in [0.2, 0.25) is 11.0 Å². The first-order valence-electron chi connectivity index (χ1n) is 7.85. The van der Waals surface area contributed by atoms with E-state index in [4.69, 9.17) is 12.2 Å². The van der Waals surface area contributed by atoms with Gasteiger partial charge in [0, 0.05) is 12.2 Å². The number of nitrogens with zero attached hydrogens (tertiary/aromatic N) is 3. The highest BCUT2D eigenvalue weighted by atomic mass is 32.1. The van der Waals surface area contributed by atoms with Crippen LogP contribution in [0.4, 0.5) is 10.8 Å². The van der Waals surface area contributed by atoms with E-state index in [1.165, 1.54) is 16.9 Å². The summed E-state index contributed by atoms with van der Waals surface area (Å²) < 4.78 is 2.40. The summed E-state index contributed by atoms with van der Waals surface area (Å²) in [7, 11) is 1.88. The first kappa shape index (κ1) is 18.6. The minimum atomic E-state index is 0.0132. The lowest BCUT2D eigenvalue weighted by Crippen LogP contribution is -2.36. The minimum absolute atomic E-state index is 0.0132. The molecule has 8 heteroatoms. The van der Waals surface area contributed by atoms with Crippen molar-refractivity contribution in [2.24, 2.45) is 0 Å². The second-order valence-corrected chi connectivity index (χ2v) is 7.30. The molecule has 6 nitrogen and oxygen atoms in total. The summed E-state index contributed by atoms with van der Waals surface area (Å²) in [4.78, 5) is 13.6. The van der Waals surface area contributed by atoms with Crippen LogP contribution in [0.5, 0.6) is 0 Å². The van der Waals surface area contributed by atoms with Crippen LogP contribution in [-0.4, -0.2) is 40.7 Å². The van der Waals surface area contributed by atoms with Gasteiger partial charge in [-0.1, -0.05) is 30.4 Å². The Morgan fingerprint density at radius 2 is 2.25 bits per heavy atom. The molecule has 2 N–H and O–H groups in total. The van der Waals surface area contributed by atoms with Crippen LogP contribution >= 0.6 is 23.6 Å². The fourth-order valence-electron chi connectivity index (χ4n) is 2.14. The highest BCUT2D eigenvalue weighted by Crippen LogP contribution is 2.21. The Morgan fingerprint density at radius 3 is 2.96 bits per heavy atom. The number of aromatic nitrogens is 2. The van der Waals surface area contributed by atoms with Gasteiger partial charge in [0.25, 0.3) is 0 Å². The van der Waals surface area contributed by atoms with Crippen molar-refractivity contribution in [2.45, 2.75) is 26.9 Å². The number of nitrogens with one attached hydrogen (secondary N) is 2. The van der Waals surface area contributed by atoms with Gasteiger partial charge in [-0.15, -0.1) is 5.10 Å². The topological polar surface area (TPSA) is 62.2 Å². The predicted molar refractivity (Wildman–Crippen MR) is 101 cm³/mol. The molecule has 0 unspecified atom stereocenters. The third-order valence-corrected chi connectivity index (χ3v) is 4.46. The highest BCUT2D eigenvalue weighted by molar-refractivity contribution is 7.73. The fraction of sp³-hybridized carbons (Fsp3) is 0.438. The molecule has 0 saturated heterocycles. The Bertz CT molecular complexity index is 740. The SMILES string of the molecule is CCCNC(=O)CN(C)Cn1nc(Nc2cccc(C)c2)sc1=S. The van der Waals surface area contributed by atoms with E-state index < -0.39 is 0 Å². The zero-order valence-electron chi connectivity index (χ0n) is 14.2. The van der Waals surface area contributed by atoms with E-state index in [0.717, 1.165) is 17.2 Å². The van der Waals surface area contributed by atoms with E-state index in [1.54, 1.807) is 4.68 Å². The standard InChI is InChI=1S/C16H23N5OS2/c1-4-8-17-14(22)10-20(3)11-21-16(23)24-15(19-21)18-13-7-5-6-12(2)9-13/h5-7,9H,4,8,10-11H2,1-3H3,(H,17,22)(H,18,19). The van der Waals surface area contributed by atoms with Crippen molar-refractivity contribution < 1.29 is 4.79 Å². The van der Waals surface area contributed by atoms with Crippen molar-refractivity contribution in [1.82, 2.24) is 20.0 Å². The second-order valence-electron chi connectivity index (χ2n) is 5.67. The van der Waals surface area contributed by atoms with Crippen LogP contribution in [0.15, 0.2) is 24.3 Å². The van der Waals surface area contributed by atoms with Crippen LogP contribution in [0.3, 0.4) is 0 Å². The summed E-state index contributed by atoms with van der Waals surface area (Å²) >= 11 is 6.79. The average molecular weight is 366 g/mol. The summed E-state index contributed by atoms with van der Waals surface area (Å²) in [6, 6.07) is 8.09. The quantitative estimate of drug-likeness (QED) is 0.704. The number of hydrogen-bond acceptors (Lipinski definition) is 6. The van der Waals surface area contributed by atoms with Crippen molar-refractivity contribution in [3.63, 3.8) is 0 Å². The number of amides is 1. The molecule has 1 heterocycles. The summed E-state index contributed by atoms with van der Waals surface area (Å²) in [5.41, 5.74) is 2.17. The van der Waals surface area contributed by atoms with E-state index in [1.807, 2.05) is 44.0 Å². The molecule has 0 fully saturated rings. The molecule has 0 aliphatic carbocycles. The summed E-state index contributed by atoms with van der Waals surface area (Å²) in [6.45, 7) is 5.57. The molecule has 1 aromatic carbocycles. The molecule has 0 saturated carbocycles. The maximum Gasteiger partial charge on any atom is 0.234 e. The first-order valence-corrected chi connectivity index (χ1v) is 9.07. The van der Waals surface area contributed by atoms with E-state index in [-0.39, 0.29) is 5.91 Å². The van der Waals surface area contributed by atoms with Gasteiger partial charge in [-0.05, 0) is 50.3 Å². The molecule has 0 radical (unpaired) electrons. The van der Waals surface area contributed by atoms with Crippen molar-refractivity contribution in [1.29, 1.82) is 0 Å². The third kappa shape index (κ3) is 5.70. The Morgan fingerprint density at radius 1 is 1.46 bits per heavy atom. The maximum atomic E-state index is 11.7. The molecule has 130 valence electrons. The molecule has 0 spiro atoms. The summed E-state index contributed by atoms with van der Waals surface area (Å²) in [5.74, 6) is 0.0132. The summed E-state index contributed by atoms with van der Waals surface area (Å²) in [5, 5.41) is 11.4. The number of hydrogen-bond donors (Lipinski definition) is 2. The second kappa shape index (κ2) is 8.91. The monoisotopic (exact) mass is 365 g/mol. The Hall–Kier alpha value is -1.77. The predicted octanol–water partition coefficient (Wildman–Crippen LogP) is 3.14. The van der Waals surface area contributed by atoms with E-state index in [9.17, 15) is 4.79 Å². The average Bonchev–Trinajstić information content (AvgIpc) is 2.84. The molecule has 1 amide bonds. The summed E-state index contributed by atoms with van der Waals surface area (Å²) in [6.07, 6.45) is 0.931. The number of carbonyl (C=O) groups excluding carboxylic acids is 1. The first-order chi connectivity index (χ1) is 11.5. The van der Waals surface area contributed by atoms with Gasteiger partial charge >= 0.3 is 0 Å². The number of likely N-dealkylation sites (N-methyl/N-ethyl adjacent to an activating group) is 1. The lowest BCUT2D eigenvalue weighted by atomic mass is 10.2. The number of anilines is 2. The molecule has 2 rings (SSSR count). The van der Waals surface area contributed by atoms with Gasteiger partial charge < -0.3 is 10.6 Å². The van der Waals surface area contributed by atoms with Crippen LogP contribution < -0.4 is 10.6 Å². The van der Waals surface area contributed by atoms with Gasteiger partial charge in [0.05, 0.1) is 13.2 Å². The smallest absolute Gasteiger partial charge is 0.234 e. The molecule has 24 heavy (non-hydrogen) atoms. The molecule has 0 bridgehead atoms. The van der Waals surface area contributed by atoms with Crippen molar-refractivity contribution in [3.05, 3.63) is 33.8 Å². The molecular formula is C16H23N5OS2. The van der Waals surface area contributed by atoms with Crippen LogP contribution in [0, 0.1) is 10.9 Å². The van der Waals surface area contributed by atoms with Crippen LogP contribution in [0.25, 0.3) is 0 Å². The van der Waals surface area contributed by atoms with Crippen molar-refractivity contribution in [2.75, 3.05) is 25.5 Å². The van der Waals surface area contributed by atoms with Crippen LogP contribution in [0.1, 0.15) is 18.9 Å². The fourth-order valence-corrected chi connectivity index (χ4v) is 3.15. The van der Waals surface area contributed by atoms with E-state index in [2.05, 4.69) is 21.8 Å². The highest BCUT2D eigenvalue weighted by Gasteiger charge is 2.09. The van der Waals surface area contributed by atoms with Crippen LogP contribution in [-0.2, 0) is 11.5 Å². The molecule has 0 atom stereocenters. The number of carbonyl (C=O) groups is 1. The van der Waals surface area contributed by atoms with E-state index in [0.29, 0.717) is 23.7 Å². The van der Waals surface area contributed by atoms with Crippen molar-refractivity contribution >= 4 is 40.3 Å². The largest absolute Gasteiger partial charge is 0.355 e. The van der Waals surface area contributed by atoms with Crippen molar-refractivity contribution in [3.8, 4) is 0 Å². The zero-order chi connectivity index (χ0) is 17.5. The maximum absolute atomic E-state index is 11.7. The number of benzene rings is 1. The molecule has 2 aromatic rings. The van der Waals surface area contributed by atoms with Gasteiger partial charge in [-0.2, -0.15) is 0 Å². The Labute approximate surface area is 151 Å². The van der Waals surface area contributed by atoms with Gasteiger partial charge in [0.15, 0.2) is 3.95 Å². The Kier molecular flexibility index (Phi) is 6.89. The third-order valence-electron chi connectivity index (χ3n) is 3.24. The van der Waals surface area contributed by atoms with Gasteiger partial charge in [-0.3, -0.25) is 9.69 Å². The van der Waals surface area contributed by atoms with Gasteiger partial charge in [0.1, 0.15) is 0 Å². The van der Waals surface area contributed by atoms with Crippen LogP contribution in [0.2, 0.25) is 0 Å². The lowest BCUT2D eigenvalue weighted by molar-refractivity contribution is -0.122. The Balaban J connectivity index is 1.96. The molecule has 0 aliphatic rings. The molecular weight excluding hydrogens is 342 g/mol. The number of rotatable bonds is 8. The molecule has 1 aromatic heterocycles.